The van der Waals surface area contributed by atoms with Crippen molar-refractivity contribution in [3.05, 3.63) is 75.4 Å². The average molecular weight is 561 g/mol. The molecule has 2 aromatic carbocycles. The lowest BCUT2D eigenvalue weighted by Gasteiger charge is -2.33. The van der Waals surface area contributed by atoms with E-state index in [1.54, 1.807) is 6.20 Å². The van der Waals surface area contributed by atoms with Crippen molar-refractivity contribution < 1.29 is 14.2 Å². The Morgan fingerprint density at radius 1 is 1.00 bits per heavy atom. The van der Waals surface area contributed by atoms with E-state index in [2.05, 4.69) is 51.7 Å². The molecule has 4 rings (SSSR count). The highest BCUT2D eigenvalue weighted by Crippen LogP contribution is 2.39. The smallest absolute Gasteiger partial charge is 0.0950 e. The fourth-order valence-electron chi connectivity index (χ4n) is 4.54. The predicted octanol–water partition coefficient (Wildman–Crippen LogP) is 4.45. The molecule has 0 saturated heterocycles. The summed E-state index contributed by atoms with van der Waals surface area (Å²) in [6.45, 7) is 6.12. The second-order valence-corrected chi connectivity index (χ2v) is 10.1. The van der Waals surface area contributed by atoms with E-state index in [-0.39, 0.29) is 5.92 Å². The zero-order valence-corrected chi connectivity index (χ0v) is 23.2. The van der Waals surface area contributed by atoms with Gasteiger partial charge in [0, 0.05) is 47.7 Å². The number of fused-ring (bicyclic) bond motifs is 1. The minimum atomic E-state index is 0.161. The Morgan fingerprint density at radius 3 is 2.55 bits per heavy atom. The van der Waals surface area contributed by atoms with Gasteiger partial charge in [-0.05, 0) is 48.0 Å². The summed E-state index contributed by atoms with van der Waals surface area (Å²) in [6, 6.07) is 14.3. The van der Waals surface area contributed by atoms with Crippen LogP contribution < -0.4 is 11.1 Å². The minimum Gasteiger partial charge on any atom is -0.381 e. The monoisotopic (exact) mass is 559 g/mol. The van der Waals surface area contributed by atoms with Gasteiger partial charge in [-0.2, -0.15) is 10.2 Å². The normalized spacial score (nSPS) is 15.4. The van der Waals surface area contributed by atoms with Crippen LogP contribution in [0.2, 0.25) is 10.0 Å². The third-order valence-electron chi connectivity index (χ3n) is 6.31. The molecule has 1 aliphatic rings. The van der Waals surface area contributed by atoms with E-state index in [4.69, 9.17) is 43.1 Å². The van der Waals surface area contributed by atoms with Crippen LogP contribution in [0.3, 0.4) is 0 Å². The molecular formula is C28H35Cl2N5O3. The van der Waals surface area contributed by atoms with E-state index in [9.17, 15) is 0 Å². The summed E-state index contributed by atoms with van der Waals surface area (Å²) in [5.41, 5.74) is 11.6. The van der Waals surface area contributed by atoms with E-state index >= 15 is 0 Å². The van der Waals surface area contributed by atoms with Gasteiger partial charge >= 0.3 is 0 Å². The molecule has 0 radical (unpaired) electrons. The first-order valence-electron chi connectivity index (χ1n) is 12.8. The molecule has 1 aromatic heterocycles. The Hall–Kier alpha value is -2.30. The van der Waals surface area contributed by atoms with Crippen LogP contribution in [0, 0.1) is 0 Å². The number of benzene rings is 2. The number of nitrogens with zero attached hydrogens (tertiary/aromatic N) is 3. The molecule has 0 fully saturated rings. The minimum absolute atomic E-state index is 0.161. The molecule has 0 saturated carbocycles. The summed E-state index contributed by atoms with van der Waals surface area (Å²) in [5, 5.41) is 13.3. The maximum Gasteiger partial charge on any atom is 0.0950 e. The Morgan fingerprint density at radius 2 is 1.76 bits per heavy atom. The molecule has 0 unspecified atom stereocenters. The van der Waals surface area contributed by atoms with E-state index in [0.29, 0.717) is 62.8 Å². The fourth-order valence-corrected chi connectivity index (χ4v) is 5.11. The molecule has 3 N–H and O–H groups in total. The second-order valence-electron chi connectivity index (χ2n) is 9.21. The standard InChI is InChI=1S/C28H35Cl2N5O3/c1-35-18-25(24-14-22(29)15-27(30)26(24)19-35)20-3-2-4-21(13-20)28-16-23(17-33-34-28)32-6-8-37-10-12-38-11-9-36-7-5-31/h2-4,13-17,25H,5-12,18-19,31H2,1H3,(H,32,34)/t25-/m0/s1. The van der Waals surface area contributed by atoms with Crippen LogP contribution in [0.5, 0.6) is 0 Å². The number of hydrogen-bond acceptors (Lipinski definition) is 8. The zero-order chi connectivity index (χ0) is 26.7. The summed E-state index contributed by atoms with van der Waals surface area (Å²) in [7, 11) is 2.11. The van der Waals surface area contributed by atoms with E-state index in [0.717, 1.165) is 35.6 Å². The SMILES string of the molecule is CN1Cc2c(Cl)cc(Cl)cc2[C@H](c2cccc(-c3cc(NCCOCCOCCOCCN)cnn3)c2)C1. The van der Waals surface area contributed by atoms with Gasteiger partial charge in [0.1, 0.15) is 0 Å². The van der Waals surface area contributed by atoms with Gasteiger partial charge in [-0.15, -0.1) is 0 Å². The van der Waals surface area contributed by atoms with Crippen LogP contribution in [0.15, 0.2) is 48.7 Å². The summed E-state index contributed by atoms with van der Waals surface area (Å²) in [5.74, 6) is 0.161. The molecule has 1 atom stereocenters. The van der Waals surface area contributed by atoms with Crippen LogP contribution in [0.1, 0.15) is 22.6 Å². The zero-order valence-electron chi connectivity index (χ0n) is 21.7. The number of nitrogens with one attached hydrogen (secondary N) is 1. The van der Waals surface area contributed by atoms with E-state index < -0.39 is 0 Å². The predicted molar refractivity (Wildman–Crippen MR) is 152 cm³/mol. The number of rotatable bonds is 14. The average Bonchev–Trinajstić information content (AvgIpc) is 2.92. The van der Waals surface area contributed by atoms with Gasteiger partial charge < -0.3 is 30.2 Å². The van der Waals surface area contributed by atoms with E-state index in [1.165, 1.54) is 11.1 Å². The van der Waals surface area contributed by atoms with Gasteiger partial charge in [0.15, 0.2) is 0 Å². The maximum atomic E-state index is 6.56. The van der Waals surface area contributed by atoms with Crippen LogP contribution in [-0.2, 0) is 20.8 Å². The number of halogens is 2. The quantitative estimate of drug-likeness (QED) is 0.280. The molecular weight excluding hydrogens is 525 g/mol. The molecule has 3 aromatic rings. The van der Waals surface area contributed by atoms with Crippen LogP contribution in [0.4, 0.5) is 5.69 Å². The second kappa shape index (κ2) is 14.7. The number of likely N-dealkylation sites (N-methyl/N-ethyl adjacent to an activating group) is 1. The lowest BCUT2D eigenvalue weighted by Crippen LogP contribution is -2.31. The maximum absolute atomic E-state index is 6.56. The van der Waals surface area contributed by atoms with Gasteiger partial charge in [-0.25, -0.2) is 0 Å². The van der Waals surface area contributed by atoms with Crippen molar-refractivity contribution in [1.82, 2.24) is 15.1 Å². The Bertz CT molecular complexity index is 1180. The van der Waals surface area contributed by atoms with Gasteiger partial charge in [-0.3, -0.25) is 0 Å². The van der Waals surface area contributed by atoms with Crippen molar-refractivity contribution in [3.63, 3.8) is 0 Å². The van der Waals surface area contributed by atoms with Gasteiger partial charge in [0.2, 0.25) is 0 Å². The Balaban J connectivity index is 1.33. The third kappa shape index (κ3) is 8.10. The highest BCUT2D eigenvalue weighted by Gasteiger charge is 2.27. The van der Waals surface area contributed by atoms with Crippen molar-refractivity contribution in [2.45, 2.75) is 12.5 Å². The first-order chi connectivity index (χ1) is 18.5. The molecule has 0 bridgehead atoms. The summed E-state index contributed by atoms with van der Waals surface area (Å²) in [6.07, 6.45) is 1.72. The summed E-state index contributed by atoms with van der Waals surface area (Å²) < 4.78 is 16.3. The molecule has 2 heterocycles. The van der Waals surface area contributed by atoms with Crippen LogP contribution in [-0.4, -0.2) is 81.4 Å². The molecule has 204 valence electrons. The number of aromatic nitrogens is 2. The molecule has 1 aliphatic heterocycles. The topological polar surface area (TPSA) is 94.8 Å². The molecule has 0 aliphatic carbocycles. The number of anilines is 1. The summed E-state index contributed by atoms with van der Waals surface area (Å²) in [4.78, 5) is 2.29. The van der Waals surface area contributed by atoms with Crippen LogP contribution >= 0.6 is 23.2 Å². The molecule has 8 nitrogen and oxygen atoms in total. The van der Waals surface area contributed by atoms with Crippen molar-refractivity contribution >= 4 is 28.9 Å². The van der Waals surface area contributed by atoms with Crippen molar-refractivity contribution in [3.8, 4) is 11.3 Å². The number of ether oxygens (including phenoxy) is 3. The highest BCUT2D eigenvalue weighted by molar-refractivity contribution is 6.35. The lowest BCUT2D eigenvalue weighted by molar-refractivity contribution is 0.0179. The molecule has 10 heteroatoms. The fraction of sp³-hybridized carbons (Fsp3) is 0.429. The number of hydrogen-bond donors (Lipinski definition) is 2. The first-order valence-corrected chi connectivity index (χ1v) is 13.6. The highest BCUT2D eigenvalue weighted by atomic mass is 35.5. The van der Waals surface area contributed by atoms with Gasteiger partial charge in [0.05, 0.1) is 57.2 Å². The van der Waals surface area contributed by atoms with Crippen molar-refractivity contribution in [2.75, 3.05) is 71.6 Å². The van der Waals surface area contributed by atoms with E-state index in [1.807, 2.05) is 18.2 Å². The number of nitrogens with two attached hydrogens (primary N) is 1. The summed E-state index contributed by atoms with van der Waals surface area (Å²) >= 11 is 12.9. The molecule has 0 spiro atoms. The molecule has 38 heavy (non-hydrogen) atoms. The van der Waals surface area contributed by atoms with Crippen molar-refractivity contribution in [1.29, 1.82) is 0 Å². The Labute approximate surface area is 234 Å². The lowest BCUT2D eigenvalue weighted by atomic mass is 9.84. The van der Waals surface area contributed by atoms with Crippen LogP contribution in [0.25, 0.3) is 11.3 Å². The largest absolute Gasteiger partial charge is 0.381 e. The first kappa shape index (κ1) is 28.7. The van der Waals surface area contributed by atoms with Gasteiger partial charge in [-0.1, -0.05) is 41.4 Å². The molecule has 0 amide bonds. The van der Waals surface area contributed by atoms with Gasteiger partial charge in [0.25, 0.3) is 0 Å². The third-order valence-corrected chi connectivity index (χ3v) is 6.87. The Kier molecular flexibility index (Phi) is 11.1. The van der Waals surface area contributed by atoms with Crippen molar-refractivity contribution in [2.24, 2.45) is 5.73 Å².